The maximum atomic E-state index is 9.11. The van der Waals surface area contributed by atoms with Gasteiger partial charge in [0.1, 0.15) is 13.6 Å². The molecule has 0 atom stereocenters. The first-order valence-electron chi connectivity index (χ1n) is 2.95. The fourth-order valence-electron chi connectivity index (χ4n) is 0.736. The van der Waals surface area contributed by atoms with E-state index in [0.29, 0.717) is 11.0 Å². The van der Waals surface area contributed by atoms with Gasteiger partial charge in [-0.25, -0.2) is 0 Å². The van der Waals surface area contributed by atoms with Crippen LogP contribution in [-0.2, 0) is 0 Å². The van der Waals surface area contributed by atoms with Crippen LogP contribution >= 0.6 is 0 Å². The van der Waals surface area contributed by atoms with Crippen LogP contribution in [-0.4, -0.2) is 13.0 Å². The summed E-state index contributed by atoms with van der Waals surface area (Å²) in [5.74, 6) is 0.212. The molecule has 0 spiro atoms. The molecule has 1 aromatic carbocycles. The molecule has 0 fully saturated rings. The van der Waals surface area contributed by atoms with Crippen LogP contribution < -0.4 is 5.46 Å². The Labute approximate surface area is 61.4 Å². The molecule has 2 radical (unpaired) electrons. The Balaban J connectivity index is 3.21. The minimum Gasteiger partial charge on any atom is -0.507 e. The highest BCUT2D eigenvalue weighted by atomic mass is 16.3. The molecular weight excluding hydrogens is 123 g/mol. The fraction of sp³-hybridized carbons (Fsp3) is 0. The summed E-state index contributed by atoms with van der Waals surface area (Å²) in [5, 5.41) is 9.11. The number of hydrogen-bond acceptors (Lipinski definition) is 1. The number of phenolic OH excluding ortho intramolecular Hbond substituents is 1. The van der Waals surface area contributed by atoms with E-state index in [1.54, 1.807) is 24.3 Å². The second-order valence-corrected chi connectivity index (χ2v) is 2.02. The second-order valence-electron chi connectivity index (χ2n) is 2.02. The van der Waals surface area contributed by atoms with Crippen LogP contribution in [0.1, 0.15) is 5.56 Å². The molecule has 1 aromatic rings. The molecule has 1 N–H and O–H groups in total. The predicted molar refractivity (Wildman–Crippen MR) is 43.6 cm³/mol. The fourth-order valence-corrected chi connectivity index (χ4v) is 0.736. The highest BCUT2D eigenvalue weighted by Crippen LogP contribution is 2.14. The number of benzene rings is 1. The van der Waals surface area contributed by atoms with Crippen molar-refractivity contribution < 1.29 is 5.11 Å². The first kappa shape index (κ1) is 6.94. The Morgan fingerprint density at radius 2 is 2.20 bits per heavy atom. The number of aromatic hydroxyl groups is 1. The molecule has 0 aliphatic carbocycles. The number of rotatable bonds is 1. The minimum atomic E-state index is 0.212. The molecule has 0 bridgehead atoms. The maximum Gasteiger partial charge on any atom is 0.122 e. The van der Waals surface area contributed by atoms with Gasteiger partial charge in [-0.1, -0.05) is 30.3 Å². The minimum absolute atomic E-state index is 0.212. The number of hydrogen-bond donors (Lipinski definition) is 1. The highest BCUT2D eigenvalue weighted by Gasteiger charge is 1.93. The molecule has 0 aliphatic heterocycles. The SMILES string of the molecule is [B]c1ccc(O)c(C=C)c1. The lowest BCUT2D eigenvalue weighted by atomic mass is 9.94. The van der Waals surface area contributed by atoms with Crippen molar-refractivity contribution in [3.05, 3.63) is 30.3 Å². The molecule has 48 valence electrons. The van der Waals surface area contributed by atoms with Crippen molar-refractivity contribution in [2.24, 2.45) is 0 Å². The zero-order valence-corrected chi connectivity index (χ0v) is 5.54. The molecule has 1 rings (SSSR count). The Kier molecular flexibility index (Phi) is 1.81. The van der Waals surface area contributed by atoms with E-state index in [-0.39, 0.29) is 5.75 Å². The van der Waals surface area contributed by atoms with Crippen LogP contribution in [0.3, 0.4) is 0 Å². The van der Waals surface area contributed by atoms with E-state index in [1.807, 2.05) is 0 Å². The first-order valence-corrected chi connectivity index (χ1v) is 2.95. The Bertz CT molecular complexity index is 255. The van der Waals surface area contributed by atoms with Crippen LogP contribution in [0.25, 0.3) is 6.08 Å². The summed E-state index contributed by atoms with van der Waals surface area (Å²) in [5.41, 5.74) is 1.30. The van der Waals surface area contributed by atoms with Gasteiger partial charge in [-0.05, 0) is 6.07 Å². The van der Waals surface area contributed by atoms with Crippen molar-refractivity contribution >= 4 is 19.4 Å². The largest absolute Gasteiger partial charge is 0.507 e. The van der Waals surface area contributed by atoms with Crippen LogP contribution in [0.2, 0.25) is 0 Å². The van der Waals surface area contributed by atoms with Gasteiger partial charge in [0.15, 0.2) is 0 Å². The highest BCUT2D eigenvalue weighted by molar-refractivity contribution is 6.32. The topological polar surface area (TPSA) is 20.2 Å². The van der Waals surface area contributed by atoms with Crippen LogP contribution in [0, 0.1) is 0 Å². The van der Waals surface area contributed by atoms with Crippen LogP contribution in [0.15, 0.2) is 24.8 Å². The summed E-state index contributed by atoms with van der Waals surface area (Å²) in [6.45, 7) is 3.52. The third kappa shape index (κ3) is 1.21. The lowest BCUT2D eigenvalue weighted by Crippen LogP contribution is -2.00. The van der Waals surface area contributed by atoms with Crippen molar-refractivity contribution in [2.45, 2.75) is 0 Å². The van der Waals surface area contributed by atoms with Gasteiger partial charge in [0, 0.05) is 5.56 Å². The summed E-state index contributed by atoms with van der Waals surface area (Å²) in [7, 11) is 5.44. The van der Waals surface area contributed by atoms with Crippen molar-refractivity contribution in [3.8, 4) is 5.75 Å². The van der Waals surface area contributed by atoms with Crippen molar-refractivity contribution in [3.63, 3.8) is 0 Å². The summed E-state index contributed by atoms with van der Waals surface area (Å²) in [6, 6.07) is 4.86. The van der Waals surface area contributed by atoms with Gasteiger partial charge in [0.25, 0.3) is 0 Å². The van der Waals surface area contributed by atoms with E-state index in [2.05, 4.69) is 6.58 Å². The maximum absolute atomic E-state index is 9.11. The summed E-state index contributed by atoms with van der Waals surface area (Å²) >= 11 is 0. The molecule has 0 heterocycles. The molecule has 0 aliphatic rings. The van der Waals surface area contributed by atoms with Crippen molar-refractivity contribution in [1.29, 1.82) is 0 Å². The standard InChI is InChI=1S/C8H7BO/c1-2-6-5-7(9)3-4-8(6)10/h2-5,10H,1H2. The van der Waals surface area contributed by atoms with Gasteiger partial charge in [-0.3, -0.25) is 0 Å². The summed E-state index contributed by atoms with van der Waals surface area (Å²) in [4.78, 5) is 0. The van der Waals surface area contributed by atoms with Crippen molar-refractivity contribution in [1.82, 2.24) is 0 Å². The van der Waals surface area contributed by atoms with E-state index >= 15 is 0 Å². The smallest absolute Gasteiger partial charge is 0.122 e. The van der Waals surface area contributed by atoms with E-state index in [1.165, 1.54) is 0 Å². The third-order valence-electron chi connectivity index (χ3n) is 1.27. The average Bonchev–Trinajstić information content (AvgIpc) is 1.94. The normalized spacial score (nSPS) is 9.20. The van der Waals surface area contributed by atoms with Gasteiger partial charge in [0.05, 0.1) is 0 Å². The van der Waals surface area contributed by atoms with Gasteiger partial charge in [-0.2, -0.15) is 0 Å². The Hall–Kier alpha value is -1.18. The number of phenols is 1. The van der Waals surface area contributed by atoms with Crippen LogP contribution in [0.5, 0.6) is 5.75 Å². The van der Waals surface area contributed by atoms with Gasteiger partial charge in [0.2, 0.25) is 0 Å². The molecular formula is C8H7BO. The second kappa shape index (κ2) is 2.61. The van der Waals surface area contributed by atoms with E-state index in [0.717, 1.165) is 0 Å². The van der Waals surface area contributed by atoms with Crippen molar-refractivity contribution in [2.75, 3.05) is 0 Å². The molecule has 0 saturated carbocycles. The zero-order chi connectivity index (χ0) is 7.56. The van der Waals surface area contributed by atoms with E-state index in [4.69, 9.17) is 13.0 Å². The average molecular weight is 130 g/mol. The molecule has 1 nitrogen and oxygen atoms in total. The summed E-state index contributed by atoms with van der Waals surface area (Å²) < 4.78 is 0. The monoisotopic (exact) mass is 130 g/mol. The summed E-state index contributed by atoms with van der Waals surface area (Å²) in [6.07, 6.45) is 1.56. The van der Waals surface area contributed by atoms with Gasteiger partial charge >= 0.3 is 0 Å². The Morgan fingerprint density at radius 1 is 1.50 bits per heavy atom. The molecule has 10 heavy (non-hydrogen) atoms. The van der Waals surface area contributed by atoms with E-state index in [9.17, 15) is 0 Å². The molecule has 2 heteroatoms. The van der Waals surface area contributed by atoms with Crippen LogP contribution in [0.4, 0.5) is 0 Å². The van der Waals surface area contributed by atoms with Gasteiger partial charge in [-0.15, -0.1) is 0 Å². The molecule has 0 amide bonds. The predicted octanol–water partition coefficient (Wildman–Crippen LogP) is 0.829. The Morgan fingerprint density at radius 3 is 2.70 bits per heavy atom. The molecule has 0 unspecified atom stereocenters. The first-order chi connectivity index (χ1) is 4.74. The third-order valence-corrected chi connectivity index (χ3v) is 1.27. The quantitative estimate of drug-likeness (QED) is 0.558. The zero-order valence-electron chi connectivity index (χ0n) is 5.54. The molecule has 0 saturated heterocycles. The lowest BCUT2D eigenvalue weighted by molar-refractivity contribution is 0.474. The van der Waals surface area contributed by atoms with E-state index < -0.39 is 0 Å². The van der Waals surface area contributed by atoms with Gasteiger partial charge < -0.3 is 5.11 Å². The molecule has 0 aromatic heterocycles. The lowest BCUT2D eigenvalue weighted by Gasteiger charge is -1.98.